The van der Waals surface area contributed by atoms with Gasteiger partial charge in [-0.3, -0.25) is 4.79 Å². The van der Waals surface area contributed by atoms with Gasteiger partial charge in [0.15, 0.2) is 6.29 Å². The minimum absolute atomic E-state index is 0.0207. The first-order valence-electron chi connectivity index (χ1n) is 8.12. The van der Waals surface area contributed by atoms with Gasteiger partial charge in [0, 0.05) is 11.8 Å². The van der Waals surface area contributed by atoms with Crippen molar-refractivity contribution in [1.29, 1.82) is 0 Å². The van der Waals surface area contributed by atoms with Gasteiger partial charge < -0.3 is 29.9 Å². The first-order chi connectivity index (χ1) is 10.6. The van der Waals surface area contributed by atoms with Crippen molar-refractivity contribution in [2.24, 2.45) is 16.7 Å². The van der Waals surface area contributed by atoms with Crippen molar-refractivity contribution in [2.45, 2.75) is 70.4 Å². The first kappa shape index (κ1) is 17.3. The average molecular weight is 330 g/mol. The van der Waals surface area contributed by atoms with Crippen molar-refractivity contribution in [2.75, 3.05) is 6.61 Å². The van der Waals surface area contributed by atoms with E-state index in [1.807, 2.05) is 6.92 Å². The standard InChI is InChI=1S/C16H26O7/c1-15(2)7-4-10(18)16(15,3)5-8(7)22-14-13(21)12(20)11(19)9(6-17)23-14/h7-9,11-14,17,19-21H,4-6H2,1-3H3/t7?,8?,9-,11-,12+,13-,14-,16?/m1/s1. The number of rotatable bonds is 3. The summed E-state index contributed by atoms with van der Waals surface area (Å²) in [4.78, 5) is 12.2. The summed E-state index contributed by atoms with van der Waals surface area (Å²) in [6, 6.07) is 0. The monoisotopic (exact) mass is 330 g/mol. The molecule has 1 aliphatic heterocycles. The highest BCUT2D eigenvalue weighted by Gasteiger charge is 2.66. The second-order valence-electron chi connectivity index (χ2n) is 7.86. The lowest BCUT2D eigenvalue weighted by atomic mass is 9.70. The lowest BCUT2D eigenvalue weighted by Gasteiger charge is -2.41. The van der Waals surface area contributed by atoms with E-state index in [0.717, 1.165) is 0 Å². The van der Waals surface area contributed by atoms with Crippen LogP contribution in [0.4, 0.5) is 0 Å². The van der Waals surface area contributed by atoms with Crippen molar-refractivity contribution in [3.05, 3.63) is 0 Å². The molecule has 7 nitrogen and oxygen atoms in total. The topological polar surface area (TPSA) is 116 Å². The van der Waals surface area contributed by atoms with Crippen molar-refractivity contribution in [3.8, 4) is 0 Å². The van der Waals surface area contributed by atoms with Gasteiger partial charge in [0.05, 0.1) is 12.7 Å². The Morgan fingerprint density at radius 3 is 2.30 bits per heavy atom. The number of hydrogen-bond acceptors (Lipinski definition) is 7. The summed E-state index contributed by atoms with van der Waals surface area (Å²) in [5.41, 5.74) is -0.667. The smallest absolute Gasteiger partial charge is 0.186 e. The third-order valence-electron chi connectivity index (χ3n) is 6.59. The zero-order valence-electron chi connectivity index (χ0n) is 13.7. The highest BCUT2D eigenvalue weighted by molar-refractivity contribution is 5.89. The van der Waals surface area contributed by atoms with Gasteiger partial charge >= 0.3 is 0 Å². The summed E-state index contributed by atoms with van der Waals surface area (Å²) < 4.78 is 11.3. The maximum Gasteiger partial charge on any atom is 0.186 e. The molecule has 1 heterocycles. The number of fused-ring (bicyclic) bond motifs is 2. The van der Waals surface area contributed by atoms with Crippen LogP contribution in [0, 0.1) is 16.7 Å². The van der Waals surface area contributed by atoms with Crippen LogP contribution < -0.4 is 0 Å². The van der Waals surface area contributed by atoms with E-state index in [1.165, 1.54) is 0 Å². The van der Waals surface area contributed by atoms with Gasteiger partial charge in [0.1, 0.15) is 30.2 Å². The summed E-state index contributed by atoms with van der Waals surface area (Å²) in [6.45, 7) is 5.57. The number of ketones is 1. The molecule has 3 unspecified atom stereocenters. The molecule has 132 valence electrons. The Balaban J connectivity index is 1.75. The molecule has 23 heavy (non-hydrogen) atoms. The summed E-state index contributed by atoms with van der Waals surface area (Å²) >= 11 is 0. The highest BCUT2D eigenvalue weighted by Crippen LogP contribution is 2.64. The van der Waals surface area contributed by atoms with Gasteiger partial charge in [-0.05, 0) is 17.8 Å². The maximum atomic E-state index is 12.2. The van der Waals surface area contributed by atoms with Crippen molar-refractivity contribution in [1.82, 2.24) is 0 Å². The molecule has 0 radical (unpaired) electrons. The molecule has 3 aliphatic rings. The Bertz CT molecular complexity index is 491. The third-order valence-corrected chi connectivity index (χ3v) is 6.59. The fourth-order valence-electron chi connectivity index (χ4n) is 4.46. The van der Waals surface area contributed by atoms with Gasteiger partial charge in [-0.2, -0.15) is 0 Å². The average Bonchev–Trinajstić information content (AvgIpc) is 2.78. The molecule has 1 saturated heterocycles. The number of aliphatic hydroxyl groups is 4. The van der Waals surface area contributed by atoms with Gasteiger partial charge in [-0.1, -0.05) is 20.8 Å². The summed E-state index contributed by atoms with van der Waals surface area (Å²) in [6.07, 6.45) is -5.66. The Labute approximate surface area is 135 Å². The fraction of sp³-hybridized carbons (Fsp3) is 0.938. The minimum Gasteiger partial charge on any atom is -0.394 e. The number of hydrogen-bond donors (Lipinski definition) is 4. The molecule has 3 rings (SSSR count). The normalized spacial score (nSPS) is 52.1. The third kappa shape index (κ3) is 2.29. The van der Waals surface area contributed by atoms with Crippen molar-refractivity contribution >= 4 is 5.78 Å². The predicted molar refractivity (Wildman–Crippen MR) is 78.3 cm³/mol. The van der Waals surface area contributed by atoms with Crippen LogP contribution in [0.3, 0.4) is 0 Å². The van der Waals surface area contributed by atoms with Crippen LogP contribution in [-0.4, -0.2) is 69.6 Å². The van der Waals surface area contributed by atoms with Crippen LogP contribution in [0.2, 0.25) is 0 Å². The van der Waals surface area contributed by atoms with Crippen LogP contribution in [0.25, 0.3) is 0 Å². The van der Waals surface area contributed by atoms with Gasteiger partial charge in [-0.15, -0.1) is 0 Å². The number of carbonyl (C=O) groups excluding carboxylic acids is 1. The zero-order valence-corrected chi connectivity index (χ0v) is 13.7. The molecule has 2 saturated carbocycles. The molecule has 0 aromatic rings. The minimum atomic E-state index is -1.45. The molecule has 0 aromatic heterocycles. The molecule has 0 spiro atoms. The van der Waals surface area contributed by atoms with Crippen LogP contribution in [0.5, 0.6) is 0 Å². The van der Waals surface area contributed by atoms with Crippen molar-refractivity contribution < 1.29 is 34.7 Å². The second-order valence-corrected chi connectivity index (χ2v) is 7.86. The van der Waals surface area contributed by atoms with E-state index in [0.29, 0.717) is 12.8 Å². The van der Waals surface area contributed by atoms with Crippen LogP contribution in [-0.2, 0) is 14.3 Å². The first-order valence-corrected chi connectivity index (χ1v) is 8.12. The molecule has 3 fully saturated rings. The Hall–Kier alpha value is -0.570. The number of carbonyl (C=O) groups is 1. The largest absolute Gasteiger partial charge is 0.394 e. The molecule has 0 amide bonds. The molecular weight excluding hydrogens is 304 g/mol. The molecule has 4 N–H and O–H groups in total. The molecule has 7 heteroatoms. The molecular formula is C16H26O7. The number of aliphatic hydroxyl groups excluding tert-OH is 4. The predicted octanol–water partition coefficient (Wildman–Crippen LogP) is -0.803. The maximum absolute atomic E-state index is 12.2. The Morgan fingerprint density at radius 1 is 1.17 bits per heavy atom. The van der Waals surface area contributed by atoms with E-state index >= 15 is 0 Å². The van der Waals surface area contributed by atoms with Crippen LogP contribution >= 0.6 is 0 Å². The van der Waals surface area contributed by atoms with E-state index in [1.54, 1.807) is 0 Å². The number of Topliss-reactive ketones (excluding diaryl/α,β-unsaturated/α-hetero) is 1. The van der Waals surface area contributed by atoms with E-state index in [4.69, 9.17) is 9.47 Å². The highest BCUT2D eigenvalue weighted by atomic mass is 16.7. The van der Waals surface area contributed by atoms with E-state index in [2.05, 4.69) is 13.8 Å². The van der Waals surface area contributed by atoms with Gasteiger partial charge in [0.25, 0.3) is 0 Å². The molecule has 2 bridgehead atoms. The number of ether oxygens (including phenoxy) is 2. The van der Waals surface area contributed by atoms with E-state index < -0.39 is 42.7 Å². The fourth-order valence-corrected chi connectivity index (χ4v) is 4.46. The van der Waals surface area contributed by atoms with Gasteiger partial charge in [-0.25, -0.2) is 0 Å². The lowest BCUT2D eigenvalue weighted by Crippen LogP contribution is -2.60. The van der Waals surface area contributed by atoms with Crippen LogP contribution in [0.15, 0.2) is 0 Å². The Kier molecular flexibility index (Phi) is 4.11. The van der Waals surface area contributed by atoms with Crippen molar-refractivity contribution in [3.63, 3.8) is 0 Å². The zero-order chi connectivity index (χ0) is 17.2. The quantitative estimate of drug-likeness (QED) is 0.535. The second kappa shape index (κ2) is 5.47. The summed E-state index contributed by atoms with van der Waals surface area (Å²) in [7, 11) is 0. The SMILES string of the molecule is CC12CC(O[C@@H]3O[C@H](CO)[C@@H](O)[C@H](O)[C@H]3O)C(CC1=O)C2(C)C. The molecule has 2 aliphatic carbocycles. The van der Waals surface area contributed by atoms with E-state index in [9.17, 15) is 25.2 Å². The van der Waals surface area contributed by atoms with Gasteiger partial charge in [0.2, 0.25) is 0 Å². The lowest BCUT2D eigenvalue weighted by molar-refractivity contribution is -0.314. The van der Waals surface area contributed by atoms with Crippen LogP contribution in [0.1, 0.15) is 33.6 Å². The molecule has 0 aromatic carbocycles. The summed E-state index contributed by atoms with van der Waals surface area (Å²) in [5, 5.41) is 39.0. The van der Waals surface area contributed by atoms with E-state index in [-0.39, 0.29) is 23.2 Å². The molecule has 8 atom stereocenters. The summed E-state index contributed by atoms with van der Waals surface area (Å²) in [5.74, 6) is 0.258. The Morgan fingerprint density at radius 2 is 1.83 bits per heavy atom.